The second-order valence-electron chi connectivity index (χ2n) is 11.8. The number of carbonyl (C=O) groups excluding carboxylic acids is 2. The number of aliphatic hydroxyl groups is 3. The van der Waals surface area contributed by atoms with Crippen molar-refractivity contribution in [2.24, 2.45) is 17.8 Å². The van der Waals surface area contributed by atoms with Crippen LogP contribution in [0.25, 0.3) is 0 Å². The number of epoxide rings is 1. The maximum atomic E-state index is 12.6. The predicted molar refractivity (Wildman–Crippen MR) is 150 cm³/mol. The van der Waals surface area contributed by atoms with Crippen LogP contribution >= 0.6 is 0 Å². The second kappa shape index (κ2) is 15.1. The van der Waals surface area contributed by atoms with Crippen molar-refractivity contribution in [2.45, 2.75) is 129 Å². The third-order valence-corrected chi connectivity index (χ3v) is 7.80. The van der Waals surface area contributed by atoms with Gasteiger partial charge in [0.05, 0.1) is 30.8 Å². The fraction of sp³-hybridized carbons (Fsp3) is 0.742. The van der Waals surface area contributed by atoms with Crippen molar-refractivity contribution in [3.63, 3.8) is 0 Å². The van der Waals surface area contributed by atoms with Gasteiger partial charge in [-0.2, -0.15) is 0 Å². The zero-order valence-electron chi connectivity index (χ0n) is 24.7. The molecule has 8 nitrogen and oxygen atoms in total. The zero-order valence-corrected chi connectivity index (χ0v) is 24.7. The van der Waals surface area contributed by atoms with Gasteiger partial charge in [-0.15, -0.1) is 0 Å². The van der Waals surface area contributed by atoms with E-state index < -0.39 is 35.9 Å². The molecular weight excluding hydrogens is 500 g/mol. The normalized spacial score (nSPS) is 35.7. The van der Waals surface area contributed by atoms with E-state index in [4.69, 9.17) is 14.2 Å². The number of ether oxygens (including phenoxy) is 3. The third-order valence-electron chi connectivity index (χ3n) is 7.80. The molecule has 0 saturated carbocycles. The Balaban J connectivity index is 2.10. The van der Waals surface area contributed by atoms with Gasteiger partial charge in [0.1, 0.15) is 17.8 Å². The predicted octanol–water partition coefficient (Wildman–Crippen LogP) is 4.41. The Bertz CT molecular complexity index is 891. The minimum Gasteiger partial charge on any atom is -0.457 e. The molecule has 3 N–H and O–H groups in total. The van der Waals surface area contributed by atoms with Gasteiger partial charge >= 0.3 is 11.9 Å². The van der Waals surface area contributed by atoms with Crippen LogP contribution in [0.5, 0.6) is 0 Å². The summed E-state index contributed by atoms with van der Waals surface area (Å²) < 4.78 is 17.0. The van der Waals surface area contributed by atoms with Crippen molar-refractivity contribution >= 4 is 11.9 Å². The molecule has 0 unspecified atom stereocenters. The van der Waals surface area contributed by atoms with Gasteiger partial charge in [-0.25, -0.2) is 0 Å². The molecule has 39 heavy (non-hydrogen) atoms. The highest BCUT2D eigenvalue weighted by Gasteiger charge is 2.45. The van der Waals surface area contributed by atoms with Crippen LogP contribution in [0.15, 0.2) is 36.0 Å². The zero-order chi connectivity index (χ0) is 29.3. The molecule has 0 aliphatic carbocycles. The number of hydrogen-bond acceptors (Lipinski definition) is 8. The van der Waals surface area contributed by atoms with Crippen molar-refractivity contribution < 1.29 is 39.1 Å². The van der Waals surface area contributed by atoms with Crippen LogP contribution in [0, 0.1) is 17.8 Å². The van der Waals surface area contributed by atoms with Crippen LogP contribution in [-0.2, 0) is 23.8 Å². The number of rotatable bonds is 10. The summed E-state index contributed by atoms with van der Waals surface area (Å²) in [6.45, 7) is 12.9. The Morgan fingerprint density at radius 3 is 2.62 bits per heavy atom. The second-order valence-corrected chi connectivity index (χ2v) is 11.8. The van der Waals surface area contributed by atoms with E-state index in [9.17, 15) is 24.9 Å². The largest absolute Gasteiger partial charge is 0.457 e. The van der Waals surface area contributed by atoms with Crippen LogP contribution in [0.4, 0.5) is 0 Å². The average Bonchev–Trinajstić information content (AvgIpc) is 3.61. The number of aliphatic hydroxyl groups excluding tert-OH is 2. The molecule has 0 bridgehead atoms. The molecule has 2 rings (SSSR count). The highest BCUT2D eigenvalue weighted by Crippen LogP contribution is 2.36. The van der Waals surface area contributed by atoms with Gasteiger partial charge in [-0.3, -0.25) is 9.59 Å². The fourth-order valence-electron chi connectivity index (χ4n) is 5.15. The summed E-state index contributed by atoms with van der Waals surface area (Å²) >= 11 is 0. The van der Waals surface area contributed by atoms with Gasteiger partial charge < -0.3 is 29.5 Å². The summed E-state index contributed by atoms with van der Waals surface area (Å²) in [6, 6.07) is 0. The van der Waals surface area contributed by atoms with E-state index in [-0.39, 0.29) is 55.3 Å². The number of allylic oxidation sites excluding steroid dienone is 3. The van der Waals surface area contributed by atoms with E-state index in [0.717, 1.165) is 24.8 Å². The molecule has 0 aromatic heterocycles. The topological polar surface area (TPSA) is 126 Å². The van der Waals surface area contributed by atoms with Gasteiger partial charge in [0.25, 0.3) is 0 Å². The molecule has 0 spiro atoms. The molecule has 0 radical (unpaired) electrons. The summed E-state index contributed by atoms with van der Waals surface area (Å²) in [5.74, 6) is -0.916. The first-order valence-corrected chi connectivity index (χ1v) is 14.4. The first-order valence-electron chi connectivity index (χ1n) is 14.4. The molecule has 1 fully saturated rings. The van der Waals surface area contributed by atoms with Gasteiger partial charge in [0.2, 0.25) is 0 Å². The number of esters is 2. The molecule has 10 atom stereocenters. The van der Waals surface area contributed by atoms with E-state index in [1.165, 1.54) is 6.92 Å². The maximum Gasteiger partial charge on any atom is 0.309 e. The highest BCUT2D eigenvalue weighted by atomic mass is 16.6. The lowest BCUT2D eigenvalue weighted by molar-refractivity contribution is -0.157. The monoisotopic (exact) mass is 550 g/mol. The van der Waals surface area contributed by atoms with E-state index in [2.05, 4.69) is 19.9 Å². The highest BCUT2D eigenvalue weighted by molar-refractivity contribution is 5.70. The SMILES string of the molecule is CCC[C@H](O)[C@@H](C)[C@H]1O[C@@H]1C[C@H](C)/C=C/C=C(\C)[C@H]1OC(=O)C[C@H](O)CC[C@@](C)(O)[C@@H](OC(C)=O)/C=C/[C@@H]1C. The Hall–Kier alpha value is -2.00. The lowest BCUT2D eigenvalue weighted by Crippen LogP contribution is -2.42. The Morgan fingerprint density at radius 1 is 1.28 bits per heavy atom. The van der Waals surface area contributed by atoms with Crippen LogP contribution in [-0.4, -0.2) is 69.5 Å². The van der Waals surface area contributed by atoms with Crippen LogP contribution in [0.1, 0.15) is 87.0 Å². The average molecular weight is 551 g/mol. The molecule has 8 heteroatoms. The van der Waals surface area contributed by atoms with Crippen molar-refractivity contribution in [1.29, 1.82) is 0 Å². The van der Waals surface area contributed by atoms with Crippen molar-refractivity contribution in [3.05, 3.63) is 36.0 Å². The minimum absolute atomic E-state index is 0.106. The Kier molecular flexibility index (Phi) is 12.9. The van der Waals surface area contributed by atoms with E-state index in [1.807, 2.05) is 32.9 Å². The van der Waals surface area contributed by atoms with Crippen molar-refractivity contribution in [1.82, 2.24) is 0 Å². The number of hydrogen-bond donors (Lipinski definition) is 3. The van der Waals surface area contributed by atoms with Crippen molar-refractivity contribution in [2.75, 3.05) is 0 Å². The Labute approximate surface area is 234 Å². The summed E-state index contributed by atoms with van der Waals surface area (Å²) in [5, 5.41) is 31.6. The maximum absolute atomic E-state index is 12.6. The summed E-state index contributed by atoms with van der Waals surface area (Å²) in [5.41, 5.74) is -0.579. The summed E-state index contributed by atoms with van der Waals surface area (Å²) in [4.78, 5) is 24.3. The molecule has 2 heterocycles. The van der Waals surface area contributed by atoms with Crippen LogP contribution in [0.3, 0.4) is 0 Å². The van der Waals surface area contributed by atoms with Crippen molar-refractivity contribution in [3.8, 4) is 0 Å². The minimum atomic E-state index is -1.40. The van der Waals surface area contributed by atoms with Crippen LogP contribution in [0.2, 0.25) is 0 Å². The quantitative estimate of drug-likeness (QED) is 0.158. The standard InChI is InChI=1S/C31H50O8/c1-8-10-25(34)22(5)30-26(38-30)17-19(2)11-9-12-20(3)29-21(4)13-14-27(37-23(6)32)31(7,36)16-15-24(33)18-28(35)39-29/h9,11-14,19,21-22,24-27,29-30,33-34,36H,8,10,15-18H2,1-7H3/b11-9+,14-13+,20-12+/t19-,21+,22-,24-,25+,26-,27+,29-,30-,31-/m1/s1. The third kappa shape index (κ3) is 10.8. The van der Waals surface area contributed by atoms with E-state index >= 15 is 0 Å². The molecular formula is C31H50O8. The summed E-state index contributed by atoms with van der Waals surface area (Å²) in [6.07, 6.45) is 9.56. The van der Waals surface area contributed by atoms with E-state index in [0.29, 0.717) is 0 Å². The Morgan fingerprint density at radius 2 is 1.97 bits per heavy atom. The number of carbonyl (C=O) groups is 2. The van der Waals surface area contributed by atoms with Gasteiger partial charge in [0.15, 0.2) is 0 Å². The molecule has 0 aromatic rings. The summed E-state index contributed by atoms with van der Waals surface area (Å²) in [7, 11) is 0. The molecule has 1 saturated heterocycles. The molecule has 0 aromatic carbocycles. The fourth-order valence-corrected chi connectivity index (χ4v) is 5.15. The van der Waals surface area contributed by atoms with E-state index in [1.54, 1.807) is 19.1 Å². The van der Waals surface area contributed by atoms with Gasteiger partial charge in [-0.1, -0.05) is 58.4 Å². The lowest BCUT2D eigenvalue weighted by Gasteiger charge is -2.32. The molecule has 0 amide bonds. The smallest absolute Gasteiger partial charge is 0.309 e. The number of cyclic esters (lactones) is 1. The first-order chi connectivity index (χ1) is 18.2. The van der Waals surface area contributed by atoms with Gasteiger partial charge in [-0.05, 0) is 57.1 Å². The molecule has 2 aliphatic heterocycles. The lowest BCUT2D eigenvalue weighted by atomic mass is 9.88. The van der Waals surface area contributed by atoms with Gasteiger partial charge in [0, 0.05) is 18.8 Å². The molecule has 222 valence electrons. The van der Waals surface area contributed by atoms with Crippen LogP contribution < -0.4 is 0 Å². The molecule has 2 aliphatic rings. The first kappa shape index (κ1) is 33.2.